The Bertz CT molecular complexity index is 459. The number of hydrogen-bond donors (Lipinski definition) is 2. The average molecular weight is 317 g/mol. The molecule has 0 saturated carbocycles. The quantitative estimate of drug-likeness (QED) is 0.889. The first kappa shape index (κ1) is 17.9. The molecule has 0 radical (unpaired) electrons. The highest BCUT2D eigenvalue weighted by atomic mass is 35.5. The van der Waals surface area contributed by atoms with E-state index in [4.69, 9.17) is 10.5 Å². The molecule has 118 valence electrons. The molecule has 1 aromatic carbocycles. The minimum absolute atomic E-state index is 0. The molecule has 0 aromatic heterocycles. The van der Waals surface area contributed by atoms with Gasteiger partial charge in [0.25, 0.3) is 0 Å². The highest BCUT2D eigenvalue weighted by Crippen LogP contribution is 2.34. The van der Waals surface area contributed by atoms with Gasteiger partial charge in [0.05, 0.1) is 6.04 Å². The maximum absolute atomic E-state index is 13.1. The molecule has 1 aliphatic rings. The van der Waals surface area contributed by atoms with Crippen molar-refractivity contribution in [3.05, 3.63) is 35.6 Å². The summed E-state index contributed by atoms with van der Waals surface area (Å²) < 4.78 is 18.5. The summed E-state index contributed by atoms with van der Waals surface area (Å²) in [5.41, 5.74) is 6.40. The molecule has 0 bridgehead atoms. The van der Waals surface area contributed by atoms with Crippen LogP contribution in [0.1, 0.15) is 25.3 Å². The molecule has 1 aromatic rings. The molecule has 21 heavy (non-hydrogen) atoms. The highest BCUT2D eigenvalue weighted by molar-refractivity contribution is 5.85. The van der Waals surface area contributed by atoms with Crippen LogP contribution in [0.2, 0.25) is 0 Å². The van der Waals surface area contributed by atoms with Crippen molar-refractivity contribution in [3.8, 4) is 0 Å². The smallest absolute Gasteiger partial charge is 0.236 e. The summed E-state index contributed by atoms with van der Waals surface area (Å²) in [5.74, 6) is -0.423. The van der Waals surface area contributed by atoms with E-state index in [0.29, 0.717) is 19.8 Å². The Morgan fingerprint density at radius 2 is 1.95 bits per heavy atom. The van der Waals surface area contributed by atoms with E-state index in [-0.39, 0.29) is 29.5 Å². The van der Waals surface area contributed by atoms with Crippen LogP contribution in [0.15, 0.2) is 24.3 Å². The van der Waals surface area contributed by atoms with Gasteiger partial charge in [-0.25, -0.2) is 4.39 Å². The van der Waals surface area contributed by atoms with Crippen molar-refractivity contribution in [1.82, 2.24) is 5.32 Å². The minimum Gasteiger partial charge on any atom is -0.381 e. The minimum atomic E-state index is -0.528. The van der Waals surface area contributed by atoms with Crippen LogP contribution in [0.3, 0.4) is 0 Å². The fourth-order valence-electron chi connectivity index (χ4n) is 2.55. The Kier molecular flexibility index (Phi) is 6.58. The van der Waals surface area contributed by atoms with E-state index < -0.39 is 6.04 Å². The van der Waals surface area contributed by atoms with Gasteiger partial charge < -0.3 is 15.8 Å². The first-order valence-electron chi connectivity index (χ1n) is 6.91. The van der Waals surface area contributed by atoms with Crippen molar-refractivity contribution in [2.75, 3.05) is 19.8 Å². The van der Waals surface area contributed by atoms with Gasteiger partial charge in [0.15, 0.2) is 0 Å². The van der Waals surface area contributed by atoms with Crippen LogP contribution in [-0.4, -0.2) is 31.7 Å². The maximum atomic E-state index is 13.1. The fraction of sp³-hybridized carbons (Fsp3) is 0.533. The number of hydrogen-bond acceptors (Lipinski definition) is 3. The fourth-order valence-corrected chi connectivity index (χ4v) is 2.55. The average Bonchev–Trinajstić information content (AvgIpc) is 2.46. The molecule has 1 saturated heterocycles. The Balaban J connectivity index is 0.00000220. The number of nitrogens with two attached hydrogens (primary N) is 1. The second-order valence-corrected chi connectivity index (χ2v) is 5.41. The number of carbonyl (C=O) groups is 1. The van der Waals surface area contributed by atoms with E-state index in [1.807, 2.05) is 0 Å². The van der Waals surface area contributed by atoms with Crippen LogP contribution in [0.4, 0.5) is 4.39 Å². The molecule has 3 N–H and O–H groups in total. The van der Waals surface area contributed by atoms with Gasteiger partial charge >= 0.3 is 0 Å². The SMILES string of the molecule is C[C@@H](N)C(=O)NCC1(c2ccc(F)cc2)CCOCC1.Cl. The number of ether oxygens (including phenoxy) is 1. The molecular weight excluding hydrogens is 295 g/mol. The lowest BCUT2D eigenvalue weighted by Crippen LogP contribution is -2.48. The number of amides is 1. The maximum Gasteiger partial charge on any atom is 0.236 e. The lowest BCUT2D eigenvalue weighted by atomic mass is 9.74. The second-order valence-electron chi connectivity index (χ2n) is 5.41. The Hall–Kier alpha value is -1.17. The van der Waals surface area contributed by atoms with Gasteiger partial charge in [0.1, 0.15) is 5.82 Å². The van der Waals surface area contributed by atoms with Gasteiger partial charge in [-0.05, 0) is 37.5 Å². The number of carbonyl (C=O) groups excluding carboxylic acids is 1. The zero-order valence-electron chi connectivity index (χ0n) is 12.1. The van der Waals surface area contributed by atoms with Crippen molar-refractivity contribution >= 4 is 18.3 Å². The molecule has 1 fully saturated rings. The molecule has 1 heterocycles. The first-order valence-corrected chi connectivity index (χ1v) is 6.91. The van der Waals surface area contributed by atoms with E-state index in [1.165, 1.54) is 12.1 Å². The Morgan fingerprint density at radius 3 is 2.48 bits per heavy atom. The zero-order valence-corrected chi connectivity index (χ0v) is 12.9. The summed E-state index contributed by atoms with van der Waals surface area (Å²) in [6.45, 7) is 3.45. The lowest BCUT2D eigenvalue weighted by Gasteiger charge is -2.38. The largest absolute Gasteiger partial charge is 0.381 e. The Labute approximate surface area is 130 Å². The number of halogens is 2. The molecule has 4 nitrogen and oxygen atoms in total. The van der Waals surface area contributed by atoms with Crippen molar-refractivity contribution in [1.29, 1.82) is 0 Å². The third-order valence-electron chi connectivity index (χ3n) is 3.92. The summed E-state index contributed by atoms with van der Waals surface area (Å²) >= 11 is 0. The molecule has 2 rings (SSSR count). The van der Waals surface area contributed by atoms with Crippen molar-refractivity contribution in [2.24, 2.45) is 5.73 Å². The summed E-state index contributed by atoms with van der Waals surface area (Å²) in [7, 11) is 0. The van der Waals surface area contributed by atoms with Gasteiger partial charge in [-0.3, -0.25) is 4.79 Å². The normalized spacial score (nSPS) is 18.4. The van der Waals surface area contributed by atoms with E-state index >= 15 is 0 Å². The van der Waals surface area contributed by atoms with E-state index in [9.17, 15) is 9.18 Å². The van der Waals surface area contributed by atoms with Crippen LogP contribution in [0, 0.1) is 5.82 Å². The number of rotatable bonds is 4. The predicted molar refractivity (Wildman–Crippen MR) is 82.0 cm³/mol. The number of nitrogens with one attached hydrogen (secondary N) is 1. The van der Waals surface area contributed by atoms with E-state index in [0.717, 1.165) is 18.4 Å². The van der Waals surface area contributed by atoms with Crippen LogP contribution >= 0.6 is 12.4 Å². The van der Waals surface area contributed by atoms with Crippen molar-refractivity contribution < 1.29 is 13.9 Å². The monoisotopic (exact) mass is 316 g/mol. The van der Waals surface area contributed by atoms with Gasteiger partial charge in [-0.15, -0.1) is 12.4 Å². The molecule has 1 aliphatic heterocycles. The molecule has 0 aliphatic carbocycles. The van der Waals surface area contributed by atoms with Crippen LogP contribution in [0.25, 0.3) is 0 Å². The van der Waals surface area contributed by atoms with Crippen molar-refractivity contribution in [3.63, 3.8) is 0 Å². The van der Waals surface area contributed by atoms with Gasteiger partial charge in [0, 0.05) is 25.2 Å². The van der Waals surface area contributed by atoms with E-state index in [2.05, 4.69) is 5.32 Å². The predicted octanol–water partition coefficient (Wildman–Crippen LogP) is 1.76. The molecule has 0 unspecified atom stereocenters. The van der Waals surface area contributed by atoms with Crippen LogP contribution in [0.5, 0.6) is 0 Å². The summed E-state index contributed by atoms with van der Waals surface area (Å²) in [6, 6.07) is 5.97. The third-order valence-corrected chi connectivity index (χ3v) is 3.92. The molecule has 1 amide bonds. The van der Waals surface area contributed by atoms with Crippen LogP contribution in [-0.2, 0) is 14.9 Å². The molecule has 0 spiro atoms. The van der Waals surface area contributed by atoms with Gasteiger partial charge in [-0.2, -0.15) is 0 Å². The topological polar surface area (TPSA) is 64.4 Å². The van der Waals surface area contributed by atoms with Gasteiger partial charge in [0.2, 0.25) is 5.91 Å². The zero-order chi connectivity index (χ0) is 14.6. The molecule has 1 atom stereocenters. The number of benzene rings is 1. The summed E-state index contributed by atoms with van der Waals surface area (Å²) in [4.78, 5) is 11.7. The second kappa shape index (κ2) is 7.73. The standard InChI is InChI=1S/C15H21FN2O2.ClH/c1-11(17)14(19)18-10-15(6-8-20-9-7-15)12-2-4-13(16)5-3-12;/h2-5,11H,6-10,17H2,1H3,(H,18,19);1H/t11-;/m1./s1. The highest BCUT2D eigenvalue weighted by Gasteiger charge is 2.35. The first-order chi connectivity index (χ1) is 9.53. The third kappa shape index (κ3) is 4.40. The molecular formula is C15H22ClFN2O2. The van der Waals surface area contributed by atoms with Crippen LogP contribution < -0.4 is 11.1 Å². The van der Waals surface area contributed by atoms with E-state index in [1.54, 1.807) is 19.1 Å². The van der Waals surface area contributed by atoms with Crippen molar-refractivity contribution in [2.45, 2.75) is 31.2 Å². The summed E-state index contributed by atoms with van der Waals surface area (Å²) in [5, 5.41) is 2.89. The lowest BCUT2D eigenvalue weighted by molar-refractivity contribution is -0.122. The summed E-state index contributed by atoms with van der Waals surface area (Å²) in [6.07, 6.45) is 1.61. The Morgan fingerprint density at radius 1 is 1.38 bits per heavy atom. The molecule has 6 heteroatoms. The van der Waals surface area contributed by atoms with Gasteiger partial charge in [-0.1, -0.05) is 12.1 Å².